The standard InChI is InChI=1S/C15H24N2O/c1-6-9-15(10-7-2)18-13(5)17-12(4)14(8-3)11-16/h8,15H,3,6-7,9-10H2,1-2,4-5H3/b14-12+,17-13?. The van der Waals surface area contributed by atoms with Crippen LogP contribution in [-0.4, -0.2) is 12.0 Å². The van der Waals surface area contributed by atoms with Crippen molar-refractivity contribution in [2.45, 2.75) is 59.5 Å². The van der Waals surface area contributed by atoms with Gasteiger partial charge in [-0.1, -0.05) is 33.3 Å². The molecule has 0 saturated carbocycles. The molecule has 100 valence electrons. The molecular formula is C15H24N2O. The third kappa shape index (κ3) is 6.24. The smallest absolute Gasteiger partial charge is 0.185 e. The maximum Gasteiger partial charge on any atom is 0.185 e. The fourth-order valence-electron chi connectivity index (χ4n) is 1.74. The Hall–Kier alpha value is -1.56. The molecule has 0 aromatic heterocycles. The van der Waals surface area contributed by atoms with Crippen molar-refractivity contribution in [2.24, 2.45) is 4.99 Å². The van der Waals surface area contributed by atoms with Gasteiger partial charge < -0.3 is 4.74 Å². The van der Waals surface area contributed by atoms with Crippen molar-refractivity contribution < 1.29 is 4.74 Å². The molecule has 0 aromatic carbocycles. The molecule has 0 unspecified atom stereocenters. The Morgan fingerprint density at radius 3 is 2.28 bits per heavy atom. The Labute approximate surface area is 111 Å². The van der Waals surface area contributed by atoms with Crippen molar-refractivity contribution in [2.75, 3.05) is 0 Å². The van der Waals surface area contributed by atoms with Crippen molar-refractivity contribution in [1.82, 2.24) is 0 Å². The van der Waals surface area contributed by atoms with E-state index in [0.29, 0.717) is 17.2 Å². The van der Waals surface area contributed by atoms with Crippen molar-refractivity contribution >= 4 is 5.90 Å². The van der Waals surface area contributed by atoms with Gasteiger partial charge in [-0.25, -0.2) is 4.99 Å². The van der Waals surface area contributed by atoms with Gasteiger partial charge in [-0.05, 0) is 25.8 Å². The summed E-state index contributed by atoms with van der Waals surface area (Å²) in [7, 11) is 0. The molecule has 18 heavy (non-hydrogen) atoms. The van der Waals surface area contributed by atoms with E-state index in [1.54, 1.807) is 6.92 Å². The highest BCUT2D eigenvalue weighted by atomic mass is 16.5. The predicted molar refractivity (Wildman–Crippen MR) is 76.3 cm³/mol. The van der Waals surface area contributed by atoms with E-state index in [2.05, 4.69) is 31.5 Å². The molecule has 0 N–H and O–H groups in total. The van der Waals surface area contributed by atoms with Gasteiger partial charge in [0.1, 0.15) is 12.2 Å². The summed E-state index contributed by atoms with van der Waals surface area (Å²) in [6.45, 7) is 11.5. The summed E-state index contributed by atoms with van der Waals surface area (Å²) in [5, 5.41) is 8.87. The van der Waals surface area contributed by atoms with Crippen LogP contribution in [0.5, 0.6) is 0 Å². The summed E-state index contributed by atoms with van der Waals surface area (Å²) >= 11 is 0. The lowest BCUT2D eigenvalue weighted by Crippen LogP contribution is -2.16. The zero-order valence-electron chi connectivity index (χ0n) is 12.0. The Morgan fingerprint density at radius 2 is 1.89 bits per heavy atom. The molecule has 0 bridgehead atoms. The molecule has 0 rings (SSSR count). The molecule has 3 nitrogen and oxygen atoms in total. The van der Waals surface area contributed by atoms with Crippen LogP contribution in [0.25, 0.3) is 0 Å². The van der Waals surface area contributed by atoms with Gasteiger partial charge in [0, 0.05) is 6.92 Å². The van der Waals surface area contributed by atoms with Crippen LogP contribution in [0.3, 0.4) is 0 Å². The Morgan fingerprint density at radius 1 is 1.33 bits per heavy atom. The summed E-state index contributed by atoms with van der Waals surface area (Å²) < 4.78 is 5.81. The number of hydrogen-bond acceptors (Lipinski definition) is 3. The normalized spacial score (nSPS) is 13.0. The summed E-state index contributed by atoms with van der Waals surface area (Å²) in [6, 6.07) is 2.06. The number of nitriles is 1. The van der Waals surface area contributed by atoms with Crippen molar-refractivity contribution in [3.63, 3.8) is 0 Å². The van der Waals surface area contributed by atoms with Gasteiger partial charge in [-0.15, -0.1) is 0 Å². The van der Waals surface area contributed by atoms with Gasteiger partial charge in [0.15, 0.2) is 5.90 Å². The number of ether oxygens (including phenoxy) is 1. The van der Waals surface area contributed by atoms with Crippen LogP contribution in [0, 0.1) is 11.3 Å². The second-order valence-corrected chi connectivity index (χ2v) is 4.26. The van der Waals surface area contributed by atoms with E-state index < -0.39 is 0 Å². The van der Waals surface area contributed by atoms with E-state index in [0.717, 1.165) is 25.7 Å². The van der Waals surface area contributed by atoms with Crippen LogP contribution in [0.15, 0.2) is 28.9 Å². The molecule has 0 fully saturated rings. The molecule has 0 saturated heterocycles. The minimum atomic E-state index is 0.228. The Kier molecular flexibility index (Phi) is 8.65. The van der Waals surface area contributed by atoms with Gasteiger partial charge in [-0.2, -0.15) is 5.26 Å². The number of rotatable bonds is 7. The fourth-order valence-corrected chi connectivity index (χ4v) is 1.74. The second-order valence-electron chi connectivity index (χ2n) is 4.26. The third-order valence-corrected chi connectivity index (χ3v) is 2.60. The molecule has 0 amide bonds. The molecule has 3 heteroatoms. The number of nitrogens with zero attached hydrogens (tertiary/aromatic N) is 2. The van der Waals surface area contributed by atoms with Crippen molar-refractivity contribution in [3.8, 4) is 6.07 Å². The second kappa shape index (κ2) is 9.47. The highest BCUT2D eigenvalue weighted by Crippen LogP contribution is 2.12. The average Bonchev–Trinajstić information content (AvgIpc) is 2.30. The lowest BCUT2D eigenvalue weighted by Gasteiger charge is -2.17. The van der Waals surface area contributed by atoms with E-state index in [9.17, 15) is 0 Å². The Balaban J connectivity index is 4.73. The molecule has 0 atom stereocenters. The summed E-state index contributed by atoms with van der Waals surface area (Å²) in [4.78, 5) is 4.30. The van der Waals surface area contributed by atoms with E-state index in [4.69, 9.17) is 10.00 Å². The van der Waals surface area contributed by atoms with Gasteiger partial charge in [0.05, 0.1) is 11.3 Å². The van der Waals surface area contributed by atoms with E-state index >= 15 is 0 Å². The van der Waals surface area contributed by atoms with E-state index in [-0.39, 0.29) is 6.10 Å². The zero-order chi connectivity index (χ0) is 14.0. The quantitative estimate of drug-likeness (QED) is 0.290. The van der Waals surface area contributed by atoms with Crippen LogP contribution in [0.4, 0.5) is 0 Å². The van der Waals surface area contributed by atoms with E-state index in [1.807, 2.05) is 6.92 Å². The SMILES string of the molecule is C=C/C(C#N)=C(/C)N=C(C)OC(CCC)CCC. The molecule has 0 aliphatic rings. The first-order chi connectivity index (χ1) is 8.58. The third-order valence-electron chi connectivity index (χ3n) is 2.60. The predicted octanol–water partition coefficient (Wildman–Crippen LogP) is 4.37. The largest absolute Gasteiger partial charge is 0.478 e. The van der Waals surface area contributed by atoms with Crippen LogP contribution in [0.1, 0.15) is 53.4 Å². The van der Waals surface area contributed by atoms with Crippen molar-refractivity contribution in [1.29, 1.82) is 5.26 Å². The fraction of sp³-hybridized carbons (Fsp3) is 0.600. The molecular weight excluding hydrogens is 224 g/mol. The minimum absolute atomic E-state index is 0.228. The Bertz CT molecular complexity index is 355. The molecule has 0 heterocycles. The van der Waals surface area contributed by atoms with Crippen molar-refractivity contribution in [3.05, 3.63) is 23.9 Å². The molecule has 0 spiro atoms. The summed E-state index contributed by atoms with van der Waals surface area (Å²) in [6.07, 6.45) is 6.02. The lowest BCUT2D eigenvalue weighted by atomic mass is 10.1. The molecule has 0 aliphatic carbocycles. The molecule has 0 aromatic rings. The first-order valence-corrected chi connectivity index (χ1v) is 6.54. The van der Waals surface area contributed by atoms with Gasteiger partial charge in [0.2, 0.25) is 0 Å². The van der Waals surface area contributed by atoms with Crippen LogP contribution in [0.2, 0.25) is 0 Å². The van der Waals surface area contributed by atoms with Crippen LogP contribution in [-0.2, 0) is 4.74 Å². The lowest BCUT2D eigenvalue weighted by molar-refractivity contribution is 0.164. The van der Waals surface area contributed by atoms with Crippen LogP contribution < -0.4 is 0 Å². The monoisotopic (exact) mass is 248 g/mol. The maximum absolute atomic E-state index is 8.87. The molecule has 0 radical (unpaired) electrons. The highest BCUT2D eigenvalue weighted by Gasteiger charge is 2.09. The van der Waals surface area contributed by atoms with Crippen LogP contribution >= 0.6 is 0 Å². The van der Waals surface area contributed by atoms with Gasteiger partial charge in [-0.3, -0.25) is 0 Å². The first-order valence-electron chi connectivity index (χ1n) is 6.54. The van der Waals surface area contributed by atoms with Gasteiger partial charge >= 0.3 is 0 Å². The topological polar surface area (TPSA) is 45.4 Å². The summed E-state index contributed by atoms with van der Waals surface area (Å²) in [5.74, 6) is 0.619. The number of allylic oxidation sites excluding steroid dienone is 3. The summed E-state index contributed by atoms with van der Waals surface area (Å²) in [5.41, 5.74) is 1.14. The van der Waals surface area contributed by atoms with E-state index in [1.165, 1.54) is 6.08 Å². The number of hydrogen-bond donors (Lipinski definition) is 0. The average molecular weight is 248 g/mol. The molecule has 0 aliphatic heterocycles. The maximum atomic E-state index is 8.87. The van der Waals surface area contributed by atoms with Gasteiger partial charge in [0.25, 0.3) is 0 Å². The zero-order valence-corrected chi connectivity index (χ0v) is 12.0. The highest BCUT2D eigenvalue weighted by molar-refractivity contribution is 5.74. The first kappa shape index (κ1) is 16.4. The minimum Gasteiger partial charge on any atom is -0.478 e. The number of aliphatic imine (C=N–C) groups is 1.